The predicted molar refractivity (Wildman–Crippen MR) is 117 cm³/mol. The maximum Gasteiger partial charge on any atom is 0.261 e. The average Bonchev–Trinajstić information content (AvgIpc) is 3.55. The van der Waals surface area contributed by atoms with Crippen LogP contribution in [0.5, 0.6) is 0 Å². The van der Waals surface area contributed by atoms with Crippen molar-refractivity contribution < 1.29 is 4.79 Å². The molecule has 0 radical (unpaired) electrons. The molecule has 1 N–H and O–H groups in total. The standard InChI is InChI=1S/C22H21N5O2S/c1-26-17-8-4-5-9-18(17)30-22(26)25-24-20(28)13-12-19-23-16-7-3-2-6-15(16)21(29)27(19)14-10-11-14/h2-9,14H,10-13H2,1H3,(H,24,28)/b25-22+. The lowest BCUT2D eigenvalue weighted by molar-refractivity contribution is -0.121. The molecule has 7 nitrogen and oxygen atoms in total. The van der Waals surface area contributed by atoms with Gasteiger partial charge in [0, 0.05) is 25.9 Å². The number of benzene rings is 2. The summed E-state index contributed by atoms with van der Waals surface area (Å²) in [4.78, 5) is 30.8. The summed E-state index contributed by atoms with van der Waals surface area (Å²) in [6.45, 7) is 0. The molecule has 2 aromatic heterocycles. The van der Waals surface area contributed by atoms with Gasteiger partial charge in [0.15, 0.2) is 0 Å². The maximum absolute atomic E-state index is 12.9. The number of thiazole rings is 1. The summed E-state index contributed by atoms with van der Waals surface area (Å²) in [5.74, 6) is 0.473. The summed E-state index contributed by atoms with van der Waals surface area (Å²) in [5, 5.41) is 4.92. The highest BCUT2D eigenvalue weighted by Crippen LogP contribution is 2.34. The van der Waals surface area contributed by atoms with Crippen LogP contribution in [0.1, 0.15) is 31.1 Å². The molecule has 1 aliphatic rings. The van der Waals surface area contributed by atoms with Gasteiger partial charge in [-0.1, -0.05) is 35.6 Å². The number of nitrogens with zero attached hydrogens (tertiary/aromatic N) is 4. The van der Waals surface area contributed by atoms with E-state index in [1.54, 1.807) is 4.57 Å². The first-order chi connectivity index (χ1) is 14.6. The molecule has 4 aromatic rings. The van der Waals surface area contributed by atoms with Crippen LogP contribution >= 0.6 is 11.3 Å². The first-order valence-corrected chi connectivity index (χ1v) is 10.8. The fraction of sp³-hybridized carbons (Fsp3) is 0.273. The number of hydrogen-bond acceptors (Lipinski definition) is 5. The smallest absolute Gasteiger partial charge is 0.261 e. The Hall–Kier alpha value is -3.26. The summed E-state index contributed by atoms with van der Waals surface area (Å²) >= 11 is 1.52. The first kappa shape index (κ1) is 18.7. The van der Waals surface area contributed by atoms with Gasteiger partial charge in [-0.3, -0.25) is 14.2 Å². The van der Waals surface area contributed by atoms with Gasteiger partial charge in [-0.2, -0.15) is 0 Å². The Bertz CT molecular complexity index is 1390. The van der Waals surface area contributed by atoms with Crippen LogP contribution in [-0.4, -0.2) is 20.0 Å². The van der Waals surface area contributed by atoms with E-state index < -0.39 is 0 Å². The number of aryl methyl sites for hydroxylation is 2. The first-order valence-electron chi connectivity index (χ1n) is 9.99. The molecule has 0 spiro atoms. The van der Waals surface area contributed by atoms with Crippen molar-refractivity contribution in [3.8, 4) is 0 Å². The lowest BCUT2D eigenvalue weighted by atomic mass is 10.2. The van der Waals surface area contributed by atoms with Crippen molar-refractivity contribution in [2.45, 2.75) is 31.7 Å². The van der Waals surface area contributed by atoms with Gasteiger partial charge in [0.25, 0.3) is 5.56 Å². The number of hydrogen-bond donors (Lipinski definition) is 1. The second kappa shape index (κ2) is 7.53. The van der Waals surface area contributed by atoms with Gasteiger partial charge < -0.3 is 4.57 Å². The zero-order chi connectivity index (χ0) is 20.7. The van der Waals surface area contributed by atoms with Crippen LogP contribution < -0.4 is 15.8 Å². The molecule has 0 atom stereocenters. The number of nitrogens with one attached hydrogen (secondary N) is 1. The van der Waals surface area contributed by atoms with Crippen molar-refractivity contribution in [2.75, 3.05) is 0 Å². The van der Waals surface area contributed by atoms with Gasteiger partial charge in [-0.25, -0.2) is 10.4 Å². The molecular weight excluding hydrogens is 398 g/mol. The molecular formula is C22H21N5O2S. The summed E-state index contributed by atoms with van der Waals surface area (Å²) in [6.07, 6.45) is 2.58. The third-order valence-corrected chi connectivity index (χ3v) is 6.47. The quantitative estimate of drug-likeness (QED) is 0.505. The van der Waals surface area contributed by atoms with E-state index in [2.05, 4.69) is 15.5 Å². The van der Waals surface area contributed by atoms with Crippen LogP contribution in [-0.2, 0) is 18.3 Å². The van der Waals surface area contributed by atoms with Gasteiger partial charge in [0.2, 0.25) is 10.7 Å². The molecule has 1 fully saturated rings. The SMILES string of the molecule is Cn1/c(=N\NC(=O)CCc2nc3ccccc3c(=O)n2C2CC2)sc2ccccc21. The monoisotopic (exact) mass is 419 g/mol. The summed E-state index contributed by atoms with van der Waals surface area (Å²) in [5.41, 5.74) is 4.39. The molecule has 0 aliphatic heterocycles. The van der Waals surface area contributed by atoms with Crippen molar-refractivity contribution in [2.24, 2.45) is 12.1 Å². The number of carbonyl (C=O) groups is 1. The molecule has 2 aromatic carbocycles. The highest BCUT2D eigenvalue weighted by molar-refractivity contribution is 7.16. The number of aromatic nitrogens is 3. The number of fused-ring (bicyclic) bond motifs is 2. The van der Waals surface area contributed by atoms with Gasteiger partial charge in [0.05, 0.1) is 21.1 Å². The van der Waals surface area contributed by atoms with E-state index in [4.69, 9.17) is 0 Å². The van der Waals surface area contributed by atoms with E-state index in [0.717, 1.165) is 27.9 Å². The van der Waals surface area contributed by atoms with Crippen molar-refractivity contribution in [1.82, 2.24) is 19.5 Å². The van der Waals surface area contributed by atoms with E-state index in [0.29, 0.717) is 23.1 Å². The molecule has 152 valence electrons. The molecule has 1 amide bonds. The van der Waals surface area contributed by atoms with Crippen LogP contribution in [0.3, 0.4) is 0 Å². The summed E-state index contributed by atoms with van der Waals surface area (Å²) < 4.78 is 4.84. The van der Waals surface area contributed by atoms with Crippen LogP contribution in [0.2, 0.25) is 0 Å². The van der Waals surface area contributed by atoms with E-state index in [1.807, 2.05) is 60.1 Å². The van der Waals surface area contributed by atoms with Gasteiger partial charge in [-0.15, -0.1) is 5.10 Å². The number of carbonyl (C=O) groups excluding carboxylic acids is 1. The largest absolute Gasteiger partial charge is 0.318 e. The van der Waals surface area contributed by atoms with Crippen molar-refractivity contribution >= 4 is 38.4 Å². The fourth-order valence-electron chi connectivity index (χ4n) is 3.66. The lowest BCUT2D eigenvalue weighted by Gasteiger charge is -2.12. The minimum absolute atomic E-state index is 0.0134. The number of amides is 1. The Labute approximate surface area is 176 Å². The third kappa shape index (κ3) is 3.43. The molecule has 1 aliphatic carbocycles. The van der Waals surface area contributed by atoms with E-state index in [9.17, 15) is 9.59 Å². The zero-order valence-corrected chi connectivity index (χ0v) is 17.4. The second-order valence-electron chi connectivity index (χ2n) is 7.51. The van der Waals surface area contributed by atoms with E-state index in [-0.39, 0.29) is 23.9 Å². The van der Waals surface area contributed by atoms with Crippen LogP contribution in [0.4, 0.5) is 0 Å². The minimum Gasteiger partial charge on any atom is -0.318 e. The molecule has 30 heavy (non-hydrogen) atoms. The van der Waals surface area contributed by atoms with Gasteiger partial charge >= 0.3 is 0 Å². The Morgan fingerprint density at radius 1 is 1.20 bits per heavy atom. The predicted octanol–water partition coefficient (Wildman–Crippen LogP) is 2.85. The van der Waals surface area contributed by atoms with Crippen LogP contribution in [0.15, 0.2) is 58.4 Å². The molecule has 8 heteroatoms. The normalized spacial score (nSPS) is 14.5. The van der Waals surface area contributed by atoms with Gasteiger partial charge in [0.1, 0.15) is 5.82 Å². The van der Waals surface area contributed by atoms with Crippen LogP contribution in [0, 0.1) is 0 Å². The summed E-state index contributed by atoms with van der Waals surface area (Å²) in [6, 6.07) is 15.6. The maximum atomic E-state index is 12.9. The molecule has 5 rings (SSSR count). The minimum atomic E-state index is -0.197. The van der Waals surface area contributed by atoms with Crippen molar-refractivity contribution in [3.63, 3.8) is 0 Å². The molecule has 0 unspecified atom stereocenters. The number of para-hydroxylation sites is 2. The van der Waals surface area contributed by atoms with E-state index >= 15 is 0 Å². The highest BCUT2D eigenvalue weighted by atomic mass is 32.1. The lowest BCUT2D eigenvalue weighted by Crippen LogP contribution is -2.27. The molecule has 0 saturated heterocycles. The Morgan fingerprint density at radius 3 is 2.77 bits per heavy atom. The third-order valence-electron chi connectivity index (χ3n) is 5.36. The van der Waals surface area contributed by atoms with E-state index in [1.165, 1.54) is 11.3 Å². The highest BCUT2D eigenvalue weighted by Gasteiger charge is 2.28. The Kier molecular flexibility index (Phi) is 4.71. The average molecular weight is 420 g/mol. The van der Waals surface area contributed by atoms with Crippen molar-refractivity contribution in [3.05, 3.63) is 69.5 Å². The summed E-state index contributed by atoms with van der Waals surface area (Å²) in [7, 11) is 1.93. The topological polar surface area (TPSA) is 81.3 Å². The molecule has 0 bridgehead atoms. The molecule has 2 heterocycles. The van der Waals surface area contributed by atoms with Crippen molar-refractivity contribution in [1.29, 1.82) is 0 Å². The molecule has 1 saturated carbocycles. The number of rotatable bonds is 5. The Balaban J connectivity index is 1.36. The zero-order valence-electron chi connectivity index (χ0n) is 16.5. The van der Waals surface area contributed by atoms with Crippen LogP contribution in [0.25, 0.3) is 21.1 Å². The Morgan fingerprint density at radius 2 is 1.97 bits per heavy atom. The van der Waals surface area contributed by atoms with Gasteiger partial charge in [-0.05, 0) is 37.1 Å². The second-order valence-corrected chi connectivity index (χ2v) is 8.52. The fourth-order valence-corrected chi connectivity index (χ4v) is 4.64.